The third-order valence-corrected chi connectivity index (χ3v) is 5.23. The zero-order chi connectivity index (χ0) is 15.4. The smallest absolute Gasteiger partial charge is 0.223 e. The summed E-state index contributed by atoms with van der Waals surface area (Å²) in [7, 11) is 0. The topological polar surface area (TPSA) is 32.3 Å². The molecule has 3 rings (SSSR count). The number of rotatable bonds is 6. The van der Waals surface area contributed by atoms with Crippen LogP contribution in [0.15, 0.2) is 30.3 Å². The van der Waals surface area contributed by atoms with Crippen LogP contribution in [0.4, 0.5) is 0 Å². The summed E-state index contributed by atoms with van der Waals surface area (Å²) in [6, 6.07) is 10.8. The van der Waals surface area contributed by atoms with Gasteiger partial charge < -0.3 is 10.2 Å². The summed E-state index contributed by atoms with van der Waals surface area (Å²) in [5.74, 6) is 1.65. The van der Waals surface area contributed by atoms with Crippen LogP contribution < -0.4 is 5.32 Å². The molecule has 0 aromatic heterocycles. The second kappa shape index (κ2) is 7.28. The number of benzene rings is 1. The molecule has 22 heavy (non-hydrogen) atoms. The minimum atomic E-state index is 0.357. The van der Waals surface area contributed by atoms with Crippen molar-refractivity contribution < 1.29 is 4.79 Å². The van der Waals surface area contributed by atoms with E-state index in [1.807, 2.05) is 6.07 Å². The average molecular weight is 300 g/mol. The van der Waals surface area contributed by atoms with Crippen molar-refractivity contribution >= 4 is 5.91 Å². The van der Waals surface area contributed by atoms with E-state index in [9.17, 15) is 4.79 Å². The average Bonchev–Trinajstić information content (AvgIpc) is 3.39. The molecular weight excluding hydrogens is 272 g/mol. The molecular formula is C19H28N2O. The summed E-state index contributed by atoms with van der Waals surface area (Å²) < 4.78 is 0. The van der Waals surface area contributed by atoms with Crippen LogP contribution in [0.2, 0.25) is 0 Å². The molecule has 120 valence electrons. The van der Waals surface area contributed by atoms with Gasteiger partial charge in [-0.1, -0.05) is 30.3 Å². The molecule has 1 atom stereocenters. The molecule has 0 bridgehead atoms. The molecule has 2 aliphatic rings. The number of carbonyl (C=O) groups excluding carboxylic acids is 1. The van der Waals surface area contributed by atoms with Crippen molar-refractivity contribution in [1.82, 2.24) is 10.2 Å². The maximum Gasteiger partial charge on any atom is 0.223 e. The highest BCUT2D eigenvalue weighted by atomic mass is 16.2. The first kappa shape index (κ1) is 15.5. The minimum absolute atomic E-state index is 0.357. The number of carbonyl (C=O) groups is 1. The van der Waals surface area contributed by atoms with Crippen molar-refractivity contribution in [2.75, 3.05) is 13.1 Å². The van der Waals surface area contributed by atoms with Crippen LogP contribution in [0, 0.1) is 11.8 Å². The van der Waals surface area contributed by atoms with E-state index in [0.717, 1.165) is 44.8 Å². The van der Waals surface area contributed by atoms with E-state index in [1.54, 1.807) is 0 Å². The summed E-state index contributed by atoms with van der Waals surface area (Å²) in [6.07, 6.45) is 5.58. The number of nitrogens with zero attached hydrogens (tertiary/aromatic N) is 1. The Morgan fingerprint density at radius 3 is 2.50 bits per heavy atom. The van der Waals surface area contributed by atoms with Gasteiger partial charge in [-0.15, -0.1) is 0 Å². The summed E-state index contributed by atoms with van der Waals surface area (Å²) in [6.45, 7) is 5.13. The van der Waals surface area contributed by atoms with E-state index in [2.05, 4.69) is 41.4 Å². The van der Waals surface area contributed by atoms with Gasteiger partial charge >= 0.3 is 0 Å². The number of nitrogens with one attached hydrogen (secondary N) is 1. The molecule has 2 fully saturated rings. The maximum absolute atomic E-state index is 12.9. The molecule has 3 nitrogen and oxygen atoms in total. The molecule has 1 heterocycles. The van der Waals surface area contributed by atoms with E-state index >= 15 is 0 Å². The molecule has 1 unspecified atom stereocenters. The summed E-state index contributed by atoms with van der Waals surface area (Å²) >= 11 is 0. The molecule has 1 aromatic carbocycles. The van der Waals surface area contributed by atoms with Gasteiger partial charge in [-0.25, -0.2) is 0 Å². The zero-order valence-electron chi connectivity index (χ0n) is 13.6. The Kier molecular flexibility index (Phi) is 5.14. The van der Waals surface area contributed by atoms with Gasteiger partial charge in [-0.3, -0.25) is 4.79 Å². The SMILES string of the molecule is CC(C1CC1)N(Cc1ccccc1)C(=O)CC1CCNCC1. The van der Waals surface area contributed by atoms with E-state index < -0.39 is 0 Å². The number of hydrogen-bond donors (Lipinski definition) is 1. The second-order valence-corrected chi connectivity index (χ2v) is 6.98. The highest BCUT2D eigenvalue weighted by molar-refractivity contribution is 5.77. The van der Waals surface area contributed by atoms with Crippen LogP contribution >= 0.6 is 0 Å². The Morgan fingerprint density at radius 2 is 1.86 bits per heavy atom. The van der Waals surface area contributed by atoms with E-state index in [1.165, 1.54) is 18.4 Å². The molecule has 1 N–H and O–H groups in total. The Hall–Kier alpha value is -1.35. The van der Waals surface area contributed by atoms with Crippen molar-refractivity contribution in [2.24, 2.45) is 11.8 Å². The van der Waals surface area contributed by atoms with Crippen molar-refractivity contribution in [2.45, 2.75) is 51.6 Å². The fourth-order valence-electron chi connectivity index (χ4n) is 3.52. The van der Waals surface area contributed by atoms with Gasteiger partial charge in [0.05, 0.1) is 0 Å². The third-order valence-electron chi connectivity index (χ3n) is 5.23. The highest BCUT2D eigenvalue weighted by Crippen LogP contribution is 2.36. The molecule has 1 amide bonds. The molecule has 1 saturated heterocycles. The van der Waals surface area contributed by atoms with Crippen LogP contribution in [0.5, 0.6) is 0 Å². The first-order valence-electron chi connectivity index (χ1n) is 8.78. The molecule has 0 spiro atoms. The monoisotopic (exact) mass is 300 g/mol. The van der Waals surface area contributed by atoms with Crippen LogP contribution in [0.25, 0.3) is 0 Å². The van der Waals surface area contributed by atoms with Crippen LogP contribution in [-0.4, -0.2) is 29.9 Å². The quantitative estimate of drug-likeness (QED) is 0.875. The first-order chi connectivity index (χ1) is 10.7. The van der Waals surface area contributed by atoms with Crippen molar-refractivity contribution in [3.63, 3.8) is 0 Å². The molecule has 1 saturated carbocycles. The second-order valence-electron chi connectivity index (χ2n) is 6.98. The number of piperidine rings is 1. The number of amides is 1. The van der Waals surface area contributed by atoms with Gasteiger partial charge in [0, 0.05) is 19.0 Å². The molecule has 3 heteroatoms. The molecule has 0 radical (unpaired) electrons. The largest absolute Gasteiger partial charge is 0.335 e. The first-order valence-corrected chi connectivity index (χ1v) is 8.78. The predicted molar refractivity (Wildman–Crippen MR) is 89.4 cm³/mol. The maximum atomic E-state index is 12.9. The summed E-state index contributed by atoms with van der Waals surface area (Å²) in [4.78, 5) is 15.0. The fourth-order valence-corrected chi connectivity index (χ4v) is 3.52. The van der Waals surface area contributed by atoms with Gasteiger partial charge in [0.15, 0.2) is 0 Å². The predicted octanol–water partition coefficient (Wildman–Crippen LogP) is 3.20. The van der Waals surface area contributed by atoms with Crippen LogP contribution in [-0.2, 0) is 11.3 Å². The van der Waals surface area contributed by atoms with Gasteiger partial charge in [0.1, 0.15) is 0 Å². The van der Waals surface area contributed by atoms with E-state index in [4.69, 9.17) is 0 Å². The lowest BCUT2D eigenvalue weighted by Crippen LogP contribution is -2.41. The molecule has 1 aliphatic carbocycles. The van der Waals surface area contributed by atoms with Crippen molar-refractivity contribution in [3.05, 3.63) is 35.9 Å². The third kappa shape index (κ3) is 4.10. The minimum Gasteiger partial charge on any atom is -0.335 e. The Morgan fingerprint density at radius 1 is 1.18 bits per heavy atom. The Bertz CT molecular complexity index is 477. The lowest BCUT2D eigenvalue weighted by Gasteiger charge is -2.32. The Balaban J connectivity index is 1.65. The zero-order valence-corrected chi connectivity index (χ0v) is 13.6. The van der Waals surface area contributed by atoms with E-state index in [-0.39, 0.29) is 0 Å². The lowest BCUT2D eigenvalue weighted by atomic mass is 9.93. The highest BCUT2D eigenvalue weighted by Gasteiger charge is 2.34. The van der Waals surface area contributed by atoms with Crippen LogP contribution in [0.1, 0.15) is 44.6 Å². The summed E-state index contributed by atoms with van der Waals surface area (Å²) in [5, 5.41) is 3.38. The van der Waals surface area contributed by atoms with Crippen molar-refractivity contribution in [1.29, 1.82) is 0 Å². The summed E-state index contributed by atoms with van der Waals surface area (Å²) in [5.41, 5.74) is 1.24. The lowest BCUT2D eigenvalue weighted by molar-refractivity contribution is -0.135. The van der Waals surface area contributed by atoms with Gasteiger partial charge in [0.2, 0.25) is 5.91 Å². The van der Waals surface area contributed by atoms with Gasteiger partial charge in [-0.05, 0) is 63.1 Å². The normalized spacial score (nSPS) is 20.6. The van der Waals surface area contributed by atoms with Crippen LogP contribution in [0.3, 0.4) is 0 Å². The van der Waals surface area contributed by atoms with Gasteiger partial charge in [-0.2, -0.15) is 0 Å². The molecule has 1 aromatic rings. The Labute approximate surface area is 134 Å². The standard InChI is InChI=1S/C19H28N2O/c1-15(18-7-8-18)21(14-17-5-3-2-4-6-17)19(22)13-16-9-11-20-12-10-16/h2-6,15-16,18,20H,7-14H2,1H3. The van der Waals surface area contributed by atoms with Crippen molar-refractivity contribution in [3.8, 4) is 0 Å². The molecule has 1 aliphatic heterocycles. The van der Waals surface area contributed by atoms with E-state index in [0.29, 0.717) is 17.9 Å². The van der Waals surface area contributed by atoms with Gasteiger partial charge in [0.25, 0.3) is 0 Å². The number of hydrogen-bond acceptors (Lipinski definition) is 2. The fraction of sp³-hybridized carbons (Fsp3) is 0.632.